The number of halogens is 3. The van der Waals surface area contributed by atoms with Gasteiger partial charge in [-0.3, -0.25) is 9.36 Å². The fourth-order valence-corrected chi connectivity index (χ4v) is 6.82. The number of aromatic nitrogens is 1. The van der Waals surface area contributed by atoms with E-state index in [1.54, 1.807) is 52.2 Å². The molecule has 11 heteroatoms. The van der Waals surface area contributed by atoms with Crippen LogP contribution in [0.4, 0.5) is 0 Å². The second-order valence-electron chi connectivity index (χ2n) is 8.26. The minimum absolute atomic E-state index is 0.139. The van der Waals surface area contributed by atoms with Crippen molar-refractivity contribution in [2.45, 2.75) is 32.9 Å². The van der Waals surface area contributed by atoms with E-state index in [1.807, 2.05) is 34.7 Å². The molecular weight excluding hydrogens is 727 g/mol. The first-order valence-electron chi connectivity index (χ1n) is 10.8. The normalized spacial score (nSPS) is 15.7. The number of hydrogen-bond acceptors (Lipinski definition) is 7. The highest BCUT2D eigenvalue weighted by molar-refractivity contribution is 14.1. The number of rotatable bonds is 5. The van der Waals surface area contributed by atoms with Gasteiger partial charge in [0.1, 0.15) is 17.5 Å². The molecule has 0 bridgehead atoms. The third-order valence-electron chi connectivity index (χ3n) is 5.41. The Hall–Kier alpha value is -1.96. The van der Waals surface area contributed by atoms with E-state index < -0.39 is 12.0 Å². The molecule has 7 nitrogen and oxygen atoms in total. The molecule has 0 amide bonds. The van der Waals surface area contributed by atoms with Crippen molar-refractivity contribution in [2.75, 3.05) is 7.11 Å². The van der Waals surface area contributed by atoms with Crippen LogP contribution in [0.3, 0.4) is 0 Å². The number of thiazole rings is 1. The van der Waals surface area contributed by atoms with E-state index in [2.05, 4.69) is 36.9 Å². The lowest BCUT2D eigenvalue weighted by molar-refractivity contribution is -0.143. The number of carbonyl (C=O) groups is 1. The van der Waals surface area contributed by atoms with Crippen LogP contribution in [-0.4, -0.2) is 28.9 Å². The van der Waals surface area contributed by atoms with Gasteiger partial charge in [-0.15, -0.1) is 0 Å². The quantitative estimate of drug-likeness (QED) is 0.293. The number of phenolic OH excluding ortho intramolecular Hbond substituents is 1. The van der Waals surface area contributed by atoms with E-state index in [1.165, 1.54) is 15.9 Å². The third kappa shape index (κ3) is 5.20. The SMILES string of the molecule is COc1ccc(Br)cc1[C@H]1C(C(=O)OC(C)C)=C(C)N=c2s/c(=C\c3cc(Br)c(O)c(I)c3)c(=O)n21. The van der Waals surface area contributed by atoms with Gasteiger partial charge in [-0.05, 0) is 101 Å². The molecule has 1 N–H and O–H groups in total. The van der Waals surface area contributed by atoms with E-state index in [0.29, 0.717) is 34.4 Å². The van der Waals surface area contributed by atoms with Gasteiger partial charge >= 0.3 is 5.97 Å². The standard InChI is InChI=1S/C25H21Br2IN2O5S/c1-11(2)35-24(33)20-12(3)29-25-30(21(20)15-10-14(26)5-6-18(15)34-4)23(32)19(36-25)9-13-7-16(27)22(31)17(28)8-13/h5-11,21,31H,1-4H3/b19-9-/t21-/m0/s1. The number of aromatic hydroxyl groups is 1. The molecule has 1 aliphatic heterocycles. The zero-order chi connectivity index (χ0) is 26.3. The van der Waals surface area contributed by atoms with Gasteiger partial charge in [0.15, 0.2) is 4.80 Å². The van der Waals surface area contributed by atoms with Gasteiger partial charge < -0.3 is 14.6 Å². The molecule has 4 rings (SSSR count). The second kappa shape index (κ2) is 10.8. The minimum Gasteiger partial charge on any atom is -0.506 e. The maximum Gasteiger partial charge on any atom is 0.338 e. The van der Waals surface area contributed by atoms with Crippen LogP contribution in [0, 0.1) is 3.57 Å². The van der Waals surface area contributed by atoms with Crippen LogP contribution < -0.4 is 19.6 Å². The average Bonchev–Trinajstić information content (AvgIpc) is 3.10. The average molecular weight is 748 g/mol. The molecule has 0 fully saturated rings. The summed E-state index contributed by atoms with van der Waals surface area (Å²) in [5.41, 5.74) is 1.82. The summed E-state index contributed by atoms with van der Waals surface area (Å²) >= 11 is 10.1. The second-order valence-corrected chi connectivity index (χ2v) is 12.2. The topological polar surface area (TPSA) is 90.1 Å². The molecule has 1 atom stereocenters. The number of benzene rings is 2. The van der Waals surface area contributed by atoms with Gasteiger partial charge in [-0.2, -0.15) is 0 Å². The van der Waals surface area contributed by atoms with Crippen molar-refractivity contribution in [1.82, 2.24) is 4.57 Å². The molecule has 188 valence electrons. The monoisotopic (exact) mass is 746 g/mol. The van der Waals surface area contributed by atoms with Crippen molar-refractivity contribution in [3.63, 3.8) is 0 Å². The van der Waals surface area contributed by atoms with Crippen molar-refractivity contribution >= 4 is 77.8 Å². The fourth-order valence-electron chi connectivity index (χ4n) is 3.89. The number of nitrogens with zero attached hydrogens (tertiary/aromatic N) is 2. The Morgan fingerprint density at radius 3 is 2.64 bits per heavy atom. The Bertz CT molecular complexity index is 1570. The zero-order valence-electron chi connectivity index (χ0n) is 19.6. The first-order valence-corrected chi connectivity index (χ1v) is 14.2. The first kappa shape index (κ1) is 27.1. The Morgan fingerprint density at radius 1 is 1.28 bits per heavy atom. The minimum atomic E-state index is -0.797. The smallest absolute Gasteiger partial charge is 0.338 e. The number of hydrogen-bond donors (Lipinski definition) is 1. The Morgan fingerprint density at radius 2 is 2.00 bits per heavy atom. The van der Waals surface area contributed by atoms with Crippen LogP contribution in [0.2, 0.25) is 0 Å². The summed E-state index contributed by atoms with van der Waals surface area (Å²) in [6.07, 6.45) is 1.40. The summed E-state index contributed by atoms with van der Waals surface area (Å²) in [7, 11) is 1.55. The lowest BCUT2D eigenvalue weighted by atomic mass is 9.95. The molecule has 3 aromatic rings. The van der Waals surface area contributed by atoms with Crippen LogP contribution in [0.5, 0.6) is 11.5 Å². The molecule has 0 aliphatic carbocycles. The Labute approximate surface area is 241 Å². The molecule has 2 heterocycles. The Balaban J connectivity index is 2.01. The third-order valence-corrected chi connectivity index (χ3v) is 8.31. The number of ether oxygens (including phenoxy) is 2. The van der Waals surface area contributed by atoms with E-state index in [0.717, 1.165) is 10.0 Å². The predicted molar refractivity (Wildman–Crippen MR) is 154 cm³/mol. The highest BCUT2D eigenvalue weighted by Gasteiger charge is 2.35. The van der Waals surface area contributed by atoms with Crippen LogP contribution in [0.1, 0.15) is 37.9 Å². The maximum absolute atomic E-state index is 13.8. The summed E-state index contributed by atoms with van der Waals surface area (Å²) in [5.74, 6) is 0.129. The number of esters is 1. The van der Waals surface area contributed by atoms with Crippen LogP contribution in [0.25, 0.3) is 6.08 Å². The molecule has 1 aromatic heterocycles. The lowest BCUT2D eigenvalue weighted by Crippen LogP contribution is -2.40. The fraction of sp³-hybridized carbons (Fsp3) is 0.240. The molecule has 0 unspecified atom stereocenters. The van der Waals surface area contributed by atoms with Gasteiger partial charge in [0.2, 0.25) is 0 Å². The highest BCUT2D eigenvalue weighted by atomic mass is 127. The summed E-state index contributed by atoms with van der Waals surface area (Å²) in [6.45, 7) is 5.29. The molecule has 0 saturated heterocycles. The van der Waals surface area contributed by atoms with Gasteiger partial charge in [0.05, 0.1) is 37.1 Å². The van der Waals surface area contributed by atoms with E-state index in [9.17, 15) is 14.7 Å². The molecule has 1 aliphatic rings. The summed E-state index contributed by atoms with van der Waals surface area (Å²) in [5, 5.41) is 10.1. The Kier molecular flexibility index (Phi) is 8.13. The van der Waals surface area contributed by atoms with Crippen molar-refractivity contribution in [2.24, 2.45) is 4.99 Å². The highest BCUT2D eigenvalue weighted by Crippen LogP contribution is 2.37. The molecule has 36 heavy (non-hydrogen) atoms. The van der Waals surface area contributed by atoms with E-state index >= 15 is 0 Å². The predicted octanol–water partition coefficient (Wildman–Crippen LogP) is 5.03. The molecular formula is C25H21Br2IN2O5S. The summed E-state index contributed by atoms with van der Waals surface area (Å²) in [4.78, 5) is 32.2. The summed E-state index contributed by atoms with van der Waals surface area (Å²) in [6, 6.07) is 8.17. The number of phenols is 1. The van der Waals surface area contributed by atoms with Crippen molar-refractivity contribution < 1.29 is 19.4 Å². The molecule has 2 aromatic carbocycles. The van der Waals surface area contributed by atoms with Gasteiger partial charge in [-0.1, -0.05) is 27.3 Å². The number of methoxy groups -OCH3 is 1. The van der Waals surface area contributed by atoms with Crippen LogP contribution in [0.15, 0.2) is 60.3 Å². The molecule has 0 radical (unpaired) electrons. The number of fused-ring (bicyclic) bond motifs is 1. The van der Waals surface area contributed by atoms with Crippen molar-refractivity contribution in [1.29, 1.82) is 0 Å². The lowest BCUT2D eigenvalue weighted by Gasteiger charge is -2.26. The van der Waals surface area contributed by atoms with Gasteiger partial charge in [0.25, 0.3) is 5.56 Å². The van der Waals surface area contributed by atoms with Crippen molar-refractivity contribution in [3.05, 3.63) is 84.9 Å². The first-order chi connectivity index (χ1) is 17.0. The van der Waals surface area contributed by atoms with Crippen LogP contribution >= 0.6 is 65.8 Å². The molecule has 0 spiro atoms. The van der Waals surface area contributed by atoms with Crippen LogP contribution in [-0.2, 0) is 9.53 Å². The summed E-state index contributed by atoms with van der Waals surface area (Å²) < 4.78 is 15.1. The maximum atomic E-state index is 13.8. The van der Waals surface area contributed by atoms with Crippen molar-refractivity contribution in [3.8, 4) is 11.5 Å². The number of carbonyl (C=O) groups excluding carboxylic acids is 1. The van der Waals surface area contributed by atoms with E-state index in [-0.39, 0.29) is 23.0 Å². The number of allylic oxidation sites excluding steroid dienone is 1. The van der Waals surface area contributed by atoms with Gasteiger partial charge in [-0.25, -0.2) is 9.79 Å². The van der Waals surface area contributed by atoms with E-state index in [4.69, 9.17) is 9.47 Å². The van der Waals surface area contributed by atoms with Gasteiger partial charge in [0, 0.05) is 10.0 Å². The molecule has 0 saturated carbocycles. The zero-order valence-corrected chi connectivity index (χ0v) is 25.8. The largest absolute Gasteiger partial charge is 0.506 e.